The number of nitrogens with zero attached hydrogens (tertiary/aromatic N) is 1. The van der Waals surface area contributed by atoms with Crippen molar-refractivity contribution in [3.8, 4) is 5.75 Å². The first kappa shape index (κ1) is 21.1. The molecule has 2 aromatic rings. The molecule has 7 heteroatoms. The Hall–Kier alpha value is -2.64. The largest absolute Gasteiger partial charge is 0.497 e. The molecule has 0 aliphatic carbocycles. The standard InChI is InChI=1S/C22H26N2O4S/c1-17-9-11-19(16-21(17)29(26,27)24-13-4-3-5-14-24)23-22(25)12-10-18-7-6-8-20(15-18)28-2/h6-12,15-16H,3-5,13-14H2,1-2H3,(H,23,25)/b12-10+. The first-order valence-electron chi connectivity index (χ1n) is 9.64. The molecule has 1 heterocycles. The van der Waals surface area contributed by atoms with E-state index in [9.17, 15) is 13.2 Å². The van der Waals surface area contributed by atoms with Crippen molar-refractivity contribution in [3.05, 3.63) is 59.7 Å². The number of aryl methyl sites for hydroxylation is 1. The number of amides is 1. The van der Waals surface area contributed by atoms with E-state index in [-0.39, 0.29) is 10.8 Å². The van der Waals surface area contributed by atoms with Gasteiger partial charge in [0.25, 0.3) is 0 Å². The average molecular weight is 415 g/mol. The van der Waals surface area contributed by atoms with Crippen LogP contribution in [0.3, 0.4) is 0 Å². The maximum atomic E-state index is 13.0. The van der Waals surface area contributed by atoms with E-state index in [1.807, 2.05) is 24.3 Å². The van der Waals surface area contributed by atoms with Crippen LogP contribution >= 0.6 is 0 Å². The zero-order valence-electron chi connectivity index (χ0n) is 16.7. The van der Waals surface area contributed by atoms with Crippen molar-refractivity contribution in [2.75, 3.05) is 25.5 Å². The van der Waals surface area contributed by atoms with Gasteiger partial charge in [-0.2, -0.15) is 4.31 Å². The highest BCUT2D eigenvalue weighted by molar-refractivity contribution is 7.89. The number of carbonyl (C=O) groups is 1. The molecular weight excluding hydrogens is 388 g/mol. The number of ether oxygens (including phenoxy) is 1. The molecule has 1 saturated heterocycles. The van der Waals surface area contributed by atoms with Crippen LogP contribution in [0.4, 0.5) is 5.69 Å². The lowest BCUT2D eigenvalue weighted by atomic mass is 10.2. The summed E-state index contributed by atoms with van der Waals surface area (Å²) in [7, 11) is -1.98. The topological polar surface area (TPSA) is 75.7 Å². The van der Waals surface area contributed by atoms with Crippen LogP contribution in [0, 0.1) is 6.92 Å². The van der Waals surface area contributed by atoms with Crippen molar-refractivity contribution >= 4 is 27.7 Å². The zero-order valence-corrected chi connectivity index (χ0v) is 17.5. The highest BCUT2D eigenvalue weighted by atomic mass is 32.2. The summed E-state index contributed by atoms with van der Waals surface area (Å²) in [5, 5.41) is 2.74. The number of anilines is 1. The highest BCUT2D eigenvalue weighted by Gasteiger charge is 2.27. The maximum Gasteiger partial charge on any atom is 0.248 e. The van der Waals surface area contributed by atoms with Gasteiger partial charge < -0.3 is 10.1 Å². The van der Waals surface area contributed by atoms with E-state index in [4.69, 9.17) is 4.74 Å². The third kappa shape index (κ3) is 5.25. The molecule has 0 saturated carbocycles. The van der Waals surface area contributed by atoms with Crippen molar-refractivity contribution in [1.29, 1.82) is 0 Å². The number of hydrogen-bond acceptors (Lipinski definition) is 4. The van der Waals surface area contributed by atoms with Crippen LogP contribution in [0.25, 0.3) is 6.08 Å². The molecule has 0 radical (unpaired) electrons. The fourth-order valence-corrected chi connectivity index (χ4v) is 5.07. The van der Waals surface area contributed by atoms with Crippen LogP contribution in [-0.2, 0) is 14.8 Å². The predicted octanol–water partition coefficient (Wildman–Crippen LogP) is 3.83. The fraction of sp³-hybridized carbons (Fsp3) is 0.318. The molecule has 0 bridgehead atoms. The van der Waals surface area contributed by atoms with Crippen LogP contribution in [0.15, 0.2) is 53.4 Å². The summed E-state index contributed by atoms with van der Waals surface area (Å²) < 4.78 is 32.7. The second-order valence-electron chi connectivity index (χ2n) is 7.04. The lowest BCUT2D eigenvalue weighted by molar-refractivity contribution is -0.111. The Labute approximate surface area is 172 Å². The van der Waals surface area contributed by atoms with Gasteiger partial charge >= 0.3 is 0 Å². The van der Waals surface area contributed by atoms with Gasteiger partial charge in [0.15, 0.2) is 0 Å². The summed E-state index contributed by atoms with van der Waals surface area (Å²) in [4.78, 5) is 12.5. The van der Waals surface area contributed by atoms with E-state index < -0.39 is 10.0 Å². The highest BCUT2D eigenvalue weighted by Crippen LogP contribution is 2.26. The first-order chi connectivity index (χ1) is 13.9. The second-order valence-corrected chi connectivity index (χ2v) is 8.95. The average Bonchev–Trinajstić information content (AvgIpc) is 2.74. The van der Waals surface area contributed by atoms with Crippen molar-refractivity contribution in [3.63, 3.8) is 0 Å². The molecule has 1 N–H and O–H groups in total. The number of hydrogen-bond donors (Lipinski definition) is 1. The number of carbonyl (C=O) groups excluding carboxylic acids is 1. The van der Waals surface area contributed by atoms with Crippen molar-refractivity contribution in [2.24, 2.45) is 0 Å². The van der Waals surface area contributed by atoms with Gasteiger partial charge in [0.1, 0.15) is 5.75 Å². The molecule has 0 spiro atoms. The van der Waals surface area contributed by atoms with E-state index in [0.29, 0.717) is 30.1 Å². The van der Waals surface area contributed by atoms with Crippen molar-refractivity contribution in [1.82, 2.24) is 4.31 Å². The molecule has 29 heavy (non-hydrogen) atoms. The van der Waals surface area contributed by atoms with Crippen LogP contribution in [-0.4, -0.2) is 38.8 Å². The van der Waals surface area contributed by atoms with Gasteiger partial charge in [-0.1, -0.05) is 24.6 Å². The summed E-state index contributed by atoms with van der Waals surface area (Å²) in [5.74, 6) is 0.372. The minimum atomic E-state index is -3.56. The summed E-state index contributed by atoms with van der Waals surface area (Å²) in [6.07, 6.45) is 5.90. The molecule has 1 amide bonds. The number of rotatable bonds is 6. The Balaban J connectivity index is 1.75. The molecule has 2 aromatic carbocycles. The number of methoxy groups -OCH3 is 1. The Kier molecular flexibility index (Phi) is 6.71. The molecular formula is C22H26N2O4S. The molecule has 1 aliphatic heterocycles. The second kappa shape index (κ2) is 9.24. The summed E-state index contributed by atoms with van der Waals surface area (Å²) in [6, 6.07) is 12.3. The Morgan fingerprint density at radius 2 is 1.86 bits per heavy atom. The molecule has 6 nitrogen and oxygen atoms in total. The van der Waals surface area contributed by atoms with Gasteiger partial charge in [0, 0.05) is 24.9 Å². The molecule has 0 aromatic heterocycles. The van der Waals surface area contributed by atoms with Crippen LogP contribution < -0.4 is 10.1 Å². The molecule has 0 atom stereocenters. The van der Waals surface area contributed by atoms with Gasteiger partial charge in [-0.15, -0.1) is 0 Å². The van der Waals surface area contributed by atoms with Crippen molar-refractivity contribution in [2.45, 2.75) is 31.1 Å². The minimum Gasteiger partial charge on any atom is -0.497 e. The normalized spacial score (nSPS) is 15.4. The third-order valence-corrected chi connectivity index (χ3v) is 6.95. The van der Waals surface area contributed by atoms with Gasteiger partial charge in [-0.05, 0) is 61.2 Å². The summed E-state index contributed by atoms with van der Waals surface area (Å²) in [5.41, 5.74) is 1.95. The third-order valence-electron chi connectivity index (χ3n) is 4.91. The van der Waals surface area contributed by atoms with E-state index in [0.717, 1.165) is 24.8 Å². The number of nitrogens with one attached hydrogen (secondary N) is 1. The molecule has 0 unspecified atom stereocenters. The van der Waals surface area contributed by atoms with Crippen molar-refractivity contribution < 1.29 is 17.9 Å². The van der Waals surface area contributed by atoms with Gasteiger partial charge in [-0.3, -0.25) is 4.79 Å². The number of benzene rings is 2. The monoisotopic (exact) mass is 414 g/mol. The molecule has 1 fully saturated rings. The molecule has 154 valence electrons. The Morgan fingerprint density at radius 1 is 1.10 bits per heavy atom. The number of sulfonamides is 1. The van der Waals surface area contributed by atoms with Gasteiger partial charge in [0.2, 0.25) is 15.9 Å². The van der Waals surface area contributed by atoms with E-state index in [1.165, 1.54) is 16.4 Å². The molecule has 3 rings (SSSR count). The van der Waals surface area contributed by atoms with Gasteiger partial charge in [0.05, 0.1) is 12.0 Å². The summed E-state index contributed by atoms with van der Waals surface area (Å²) >= 11 is 0. The maximum absolute atomic E-state index is 13.0. The van der Waals surface area contributed by atoms with Crippen LogP contribution in [0.2, 0.25) is 0 Å². The zero-order chi connectivity index (χ0) is 20.9. The molecule has 1 aliphatic rings. The Bertz CT molecular complexity index is 1010. The van der Waals surface area contributed by atoms with Gasteiger partial charge in [-0.25, -0.2) is 8.42 Å². The van der Waals surface area contributed by atoms with E-state index in [1.54, 1.807) is 32.2 Å². The van der Waals surface area contributed by atoms with E-state index in [2.05, 4.69) is 5.32 Å². The first-order valence-corrected chi connectivity index (χ1v) is 11.1. The Morgan fingerprint density at radius 3 is 2.59 bits per heavy atom. The predicted molar refractivity (Wildman–Crippen MR) is 114 cm³/mol. The van der Waals surface area contributed by atoms with Crippen LogP contribution in [0.1, 0.15) is 30.4 Å². The minimum absolute atomic E-state index is 0.244. The smallest absolute Gasteiger partial charge is 0.248 e. The lowest BCUT2D eigenvalue weighted by Gasteiger charge is -2.26. The fourth-order valence-electron chi connectivity index (χ4n) is 3.30. The number of piperidine rings is 1. The SMILES string of the molecule is COc1cccc(/C=C/C(=O)Nc2ccc(C)c(S(=O)(=O)N3CCCCC3)c2)c1. The van der Waals surface area contributed by atoms with E-state index >= 15 is 0 Å². The lowest BCUT2D eigenvalue weighted by Crippen LogP contribution is -2.36. The quantitative estimate of drug-likeness (QED) is 0.729. The van der Waals surface area contributed by atoms with Crippen LogP contribution in [0.5, 0.6) is 5.75 Å². The summed E-state index contributed by atoms with van der Waals surface area (Å²) in [6.45, 7) is 2.86.